The summed E-state index contributed by atoms with van der Waals surface area (Å²) in [6.45, 7) is 0. The summed E-state index contributed by atoms with van der Waals surface area (Å²) in [5.41, 5.74) is 0. The van der Waals surface area contributed by atoms with E-state index in [0.29, 0.717) is 0 Å². The summed E-state index contributed by atoms with van der Waals surface area (Å²) in [7, 11) is -4.67. The molecule has 7 heteroatoms. The number of hydrogen-bond donors (Lipinski definition) is 3. The number of hydrogen-bond acceptors (Lipinski definition) is 3. The third kappa shape index (κ3) is 110. The molecule has 0 unspecified atom stereocenters. The molecule has 7 heavy (non-hydrogen) atoms. The van der Waals surface area contributed by atoms with Crippen LogP contribution in [0.1, 0.15) is 2.85 Å². The fourth-order valence-electron chi connectivity index (χ4n) is 0. The van der Waals surface area contributed by atoms with Gasteiger partial charge in [-0.3, -0.25) is 9.11 Å². The third-order valence-corrected chi connectivity index (χ3v) is 0. The van der Waals surface area contributed by atoms with Crippen LogP contribution in [0, 0.1) is 0 Å². The van der Waals surface area contributed by atoms with Crippen molar-refractivity contribution in [3.8, 4) is 0 Å². The van der Waals surface area contributed by atoms with Gasteiger partial charge >= 0.3 is 59.3 Å². The Morgan fingerprint density at radius 2 is 1.29 bits per heavy atom. The largest absolute Gasteiger partial charge is 2.00 e. The van der Waals surface area contributed by atoms with Crippen molar-refractivity contribution in [2.24, 2.45) is 0 Å². The van der Waals surface area contributed by atoms with E-state index in [4.69, 9.17) is 17.5 Å². The molecule has 44 valence electrons. The maximum absolute atomic E-state index is 8.74. The van der Waals surface area contributed by atoms with E-state index in [1.807, 2.05) is 0 Å². The molecule has 0 bridgehead atoms. The summed E-state index contributed by atoms with van der Waals surface area (Å²) in [6, 6.07) is 0. The van der Waals surface area contributed by atoms with E-state index in [0.717, 1.165) is 0 Å². The molecule has 0 aliphatic carbocycles. The topological polar surface area (TPSA) is 110 Å². The Bertz CT molecular complexity index is 102. The van der Waals surface area contributed by atoms with Gasteiger partial charge in [-0.25, -0.2) is 0 Å². The van der Waals surface area contributed by atoms with Gasteiger partial charge in [-0.05, 0) is 0 Å². The summed E-state index contributed by atoms with van der Waals surface area (Å²) < 4.78 is 31.6. The molecular weight excluding hydrogens is 247 g/mol. The SMILES string of the molecule is N.O=S(=O)(O)O.[Ba+2].[H-].[H-]. The van der Waals surface area contributed by atoms with Crippen molar-refractivity contribution in [1.29, 1.82) is 0 Å². The van der Waals surface area contributed by atoms with Crippen molar-refractivity contribution >= 4 is 59.3 Å². The van der Waals surface area contributed by atoms with Crippen LogP contribution in [0.2, 0.25) is 0 Å². The van der Waals surface area contributed by atoms with Crippen molar-refractivity contribution in [3.63, 3.8) is 0 Å². The van der Waals surface area contributed by atoms with Crippen LogP contribution in [-0.4, -0.2) is 66.4 Å². The Balaban J connectivity index is -0.0000000133. The zero-order valence-electron chi connectivity index (χ0n) is 5.53. The Morgan fingerprint density at radius 1 is 1.29 bits per heavy atom. The Morgan fingerprint density at radius 3 is 1.29 bits per heavy atom. The second kappa shape index (κ2) is 5.54. The van der Waals surface area contributed by atoms with Crippen molar-refractivity contribution in [2.45, 2.75) is 0 Å². The fraction of sp³-hybridized carbons (Fsp3) is 0. The molecular formula is H7BaNO4S. The van der Waals surface area contributed by atoms with Gasteiger partial charge in [0.25, 0.3) is 0 Å². The summed E-state index contributed by atoms with van der Waals surface area (Å²) in [5, 5.41) is 0. The van der Waals surface area contributed by atoms with Crippen LogP contribution in [-0.2, 0) is 10.4 Å². The molecule has 0 radical (unpaired) electrons. The molecule has 5 N–H and O–H groups in total. The molecule has 5 nitrogen and oxygen atoms in total. The first-order valence-corrected chi connectivity index (χ1v) is 2.10. The Hall–Kier alpha value is 1.40. The van der Waals surface area contributed by atoms with Crippen LogP contribution < -0.4 is 6.15 Å². The van der Waals surface area contributed by atoms with E-state index in [2.05, 4.69) is 0 Å². The van der Waals surface area contributed by atoms with Gasteiger partial charge in [0, 0.05) is 0 Å². The van der Waals surface area contributed by atoms with Crippen LogP contribution in [0.4, 0.5) is 0 Å². The van der Waals surface area contributed by atoms with Crippen molar-refractivity contribution in [1.82, 2.24) is 6.15 Å². The van der Waals surface area contributed by atoms with Crippen molar-refractivity contribution in [2.75, 3.05) is 0 Å². The Kier molecular flexibility index (Phi) is 12.5. The molecule has 0 aromatic carbocycles. The quantitative estimate of drug-likeness (QED) is 0.393. The van der Waals surface area contributed by atoms with Crippen LogP contribution in [0.15, 0.2) is 0 Å². The third-order valence-electron chi connectivity index (χ3n) is 0. The van der Waals surface area contributed by atoms with Gasteiger partial charge in [-0.1, -0.05) is 0 Å². The second-order valence-electron chi connectivity index (χ2n) is 0.448. The van der Waals surface area contributed by atoms with Gasteiger partial charge in [0.1, 0.15) is 0 Å². The summed E-state index contributed by atoms with van der Waals surface area (Å²) in [6.07, 6.45) is 0. The summed E-state index contributed by atoms with van der Waals surface area (Å²) >= 11 is 0. The van der Waals surface area contributed by atoms with E-state index in [1.54, 1.807) is 0 Å². The van der Waals surface area contributed by atoms with E-state index in [9.17, 15) is 0 Å². The molecule has 0 fully saturated rings. The second-order valence-corrected chi connectivity index (χ2v) is 1.34. The van der Waals surface area contributed by atoms with Gasteiger partial charge in [0.15, 0.2) is 0 Å². The molecule has 0 saturated carbocycles. The van der Waals surface area contributed by atoms with Gasteiger partial charge < -0.3 is 9.00 Å². The smallest absolute Gasteiger partial charge is 1.00 e. The predicted molar refractivity (Wildman–Crippen MR) is 27.2 cm³/mol. The molecule has 0 aromatic heterocycles. The van der Waals surface area contributed by atoms with E-state index in [1.165, 1.54) is 0 Å². The fourth-order valence-corrected chi connectivity index (χ4v) is 0. The first-order chi connectivity index (χ1) is 2.00. The van der Waals surface area contributed by atoms with Gasteiger partial charge in [-0.2, -0.15) is 8.42 Å². The standard InChI is InChI=1S/Ba.H3N.H2O4S.2H/c;;1-5(2,3)4;;/h;1H3;(H2,1,2,3,4);;/q+2;;;2*-1. The minimum atomic E-state index is -4.67. The van der Waals surface area contributed by atoms with Gasteiger partial charge in [0.05, 0.1) is 0 Å². The van der Waals surface area contributed by atoms with Crippen LogP contribution in [0.3, 0.4) is 0 Å². The van der Waals surface area contributed by atoms with Crippen LogP contribution in [0.25, 0.3) is 0 Å². The molecule has 0 amide bonds. The number of rotatable bonds is 0. The molecule has 0 heterocycles. The van der Waals surface area contributed by atoms with Gasteiger partial charge in [0.2, 0.25) is 0 Å². The molecule has 0 aromatic rings. The van der Waals surface area contributed by atoms with Gasteiger partial charge in [-0.15, -0.1) is 0 Å². The molecule has 0 aliphatic rings. The van der Waals surface area contributed by atoms with Crippen LogP contribution in [0.5, 0.6) is 0 Å². The zero-order chi connectivity index (χ0) is 4.50. The Labute approximate surface area is 84.7 Å². The predicted octanol–water partition coefficient (Wildman–Crippen LogP) is -0.647. The van der Waals surface area contributed by atoms with Crippen LogP contribution >= 0.6 is 0 Å². The average molecular weight is 254 g/mol. The molecule has 0 atom stereocenters. The molecule has 0 spiro atoms. The minimum Gasteiger partial charge on any atom is -1.00 e. The van der Waals surface area contributed by atoms with Crippen molar-refractivity contribution < 1.29 is 20.4 Å². The molecule has 0 saturated heterocycles. The first kappa shape index (κ1) is 15.8. The molecule has 0 rings (SSSR count). The first-order valence-electron chi connectivity index (χ1n) is 0.698. The molecule has 0 aliphatic heterocycles. The maximum atomic E-state index is 8.74. The van der Waals surface area contributed by atoms with E-state index >= 15 is 0 Å². The van der Waals surface area contributed by atoms with E-state index in [-0.39, 0.29) is 57.9 Å². The normalized spacial score (nSPS) is 8.29. The maximum Gasteiger partial charge on any atom is 2.00 e. The average Bonchev–Trinajstić information content (AvgIpc) is 0.722. The summed E-state index contributed by atoms with van der Waals surface area (Å²) in [4.78, 5) is 0. The minimum absolute atomic E-state index is 0. The van der Waals surface area contributed by atoms with E-state index < -0.39 is 10.4 Å². The summed E-state index contributed by atoms with van der Waals surface area (Å²) in [5.74, 6) is 0. The van der Waals surface area contributed by atoms with Crippen molar-refractivity contribution in [3.05, 3.63) is 0 Å². The zero-order valence-corrected chi connectivity index (χ0v) is 8.79. The monoisotopic (exact) mass is 255 g/mol.